The van der Waals surface area contributed by atoms with Crippen molar-refractivity contribution < 1.29 is 4.74 Å². The second-order valence-corrected chi connectivity index (χ2v) is 6.50. The van der Waals surface area contributed by atoms with E-state index in [0.29, 0.717) is 0 Å². The number of rotatable bonds is 4. The molecule has 2 aromatic carbocycles. The van der Waals surface area contributed by atoms with Gasteiger partial charge in [0.15, 0.2) is 0 Å². The summed E-state index contributed by atoms with van der Waals surface area (Å²) in [6, 6.07) is 14.7. The first-order chi connectivity index (χ1) is 12.3. The number of methoxy groups -OCH3 is 1. The van der Waals surface area contributed by atoms with Crippen molar-refractivity contribution in [2.75, 3.05) is 18.6 Å². The lowest BCUT2D eigenvalue weighted by molar-refractivity contribution is 0.414. The molecule has 0 bridgehead atoms. The summed E-state index contributed by atoms with van der Waals surface area (Å²) >= 11 is 0. The molecular weight excluding hydrogens is 310 g/mol. The van der Waals surface area contributed by atoms with Crippen LogP contribution in [0.3, 0.4) is 0 Å². The van der Waals surface area contributed by atoms with E-state index in [4.69, 9.17) is 9.73 Å². The number of nitrogens with zero attached hydrogens (tertiary/aromatic N) is 2. The molecule has 0 unspecified atom stereocenters. The number of fused-ring (bicyclic) bond motifs is 1. The van der Waals surface area contributed by atoms with Crippen LogP contribution in [0.15, 0.2) is 53.7 Å². The van der Waals surface area contributed by atoms with E-state index in [1.807, 2.05) is 6.07 Å². The van der Waals surface area contributed by atoms with Gasteiger partial charge in [-0.05, 0) is 48.7 Å². The first-order valence-corrected chi connectivity index (χ1v) is 8.77. The van der Waals surface area contributed by atoms with E-state index in [0.717, 1.165) is 31.7 Å². The minimum absolute atomic E-state index is 0.815. The number of benzene rings is 2. The van der Waals surface area contributed by atoms with Gasteiger partial charge in [0.1, 0.15) is 11.6 Å². The smallest absolute Gasteiger partial charge is 0.119 e. The SMILES string of the molecule is COc1ccc(N(Cc2c[nH]c3ccccc23)C2=NCCC2)c(C)c1. The minimum Gasteiger partial charge on any atom is -0.497 e. The van der Waals surface area contributed by atoms with E-state index >= 15 is 0 Å². The lowest BCUT2D eigenvalue weighted by Gasteiger charge is -2.26. The lowest BCUT2D eigenvalue weighted by atomic mass is 10.1. The van der Waals surface area contributed by atoms with Crippen LogP contribution >= 0.6 is 0 Å². The summed E-state index contributed by atoms with van der Waals surface area (Å²) in [6.45, 7) is 3.88. The molecule has 0 atom stereocenters. The van der Waals surface area contributed by atoms with Crippen LogP contribution in [0.1, 0.15) is 24.0 Å². The van der Waals surface area contributed by atoms with E-state index in [-0.39, 0.29) is 0 Å². The number of aliphatic imine (C=N–C) groups is 1. The van der Waals surface area contributed by atoms with E-state index < -0.39 is 0 Å². The van der Waals surface area contributed by atoms with Crippen LogP contribution in [0.25, 0.3) is 10.9 Å². The van der Waals surface area contributed by atoms with Crippen LogP contribution in [-0.4, -0.2) is 24.5 Å². The Labute approximate surface area is 148 Å². The van der Waals surface area contributed by atoms with Gasteiger partial charge in [0.25, 0.3) is 0 Å². The fourth-order valence-corrected chi connectivity index (χ4v) is 3.55. The Hall–Kier alpha value is -2.75. The van der Waals surface area contributed by atoms with Crippen molar-refractivity contribution in [1.29, 1.82) is 0 Å². The molecule has 4 heteroatoms. The quantitative estimate of drug-likeness (QED) is 0.753. The number of aromatic amines is 1. The zero-order chi connectivity index (χ0) is 17.2. The van der Waals surface area contributed by atoms with Crippen LogP contribution < -0.4 is 9.64 Å². The number of anilines is 1. The highest BCUT2D eigenvalue weighted by molar-refractivity contribution is 6.00. The topological polar surface area (TPSA) is 40.6 Å². The molecule has 0 spiro atoms. The van der Waals surface area contributed by atoms with Crippen LogP contribution in [0.2, 0.25) is 0 Å². The van der Waals surface area contributed by atoms with E-state index in [1.165, 1.54) is 33.6 Å². The van der Waals surface area contributed by atoms with Gasteiger partial charge < -0.3 is 14.6 Å². The minimum atomic E-state index is 0.815. The molecule has 0 amide bonds. The molecule has 1 aliphatic heterocycles. The number of ether oxygens (including phenoxy) is 1. The zero-order valence-electron chi connectivity index (χ0n) is 14.7. The number of hydrogen-bond donors (Lipinski definition) is 1. The zero-order valence-corrected chi connectivity index (χ0v) is 14.7. The molecule has 0 fully saturated rings. The van der Waals surface area contributed by atoms with Gasteiger partial charge in [0.2, 0.25) is 0 Å². The van der Waals surface area contributed by atoms with Crippen molar-refractivity contribution >= 4 is 22.4 Å². The summed E-state index contributed by atoms with van der Waals surface area (Å²) in [5.74, 6) is 2.07. The number of hydrogen-bond acceptors (Lipinski definition) is 3. The van der Waals surface area contributed by atoms with Crippen LogP contribution in [0.5, 0.6) is 5.75 Å². The highest BCUT2D eigenvalue weighted by atomic mass is 16.5. The fourth-order valence-electron chi connectivity index (χ4n) is 3.55. The molecule has 2 heterocycles. The van der Waals surface area contributed by atoms with Crippen LogP contribution in [0.4, 0.5) is 5.69 Å². The number of aryl methyl sites for hydroxylation is 1. The maximum atomic E-state index is 5.37. The highest BCUT2D eigenvalue weighted by Crippen LogP contribution is 2.30. The average Bonchev–Trinajstić information content (AvgIpc) is 3.30. The van der Waals surface area contributed by atoms with Crippen molar-refractivity contribution in [3.05, 3.63) is 59.8 Å². The Bertz CT molecular complexity index is 926. The molecule has 0 aliphatic carbocycles. The Kier molecular flexibility index (Phi) is 4.18. The van der Waals surface area contributed by atoms with E-state index in [1.54, 1.807) is 7.11 Å². The molecule has 128 valence electrons. The highest BCUT2D eigenvalue weighted by Gasteiger charge is 2.20. The van der Waals surface area contributed by atoms with Crippen LogP contribution in [0, 0.1) is 6.92 Å². The Morgan fingerprint density at radius 1 is 1.20 bits per heavy atom. The van der Waals surface area contributed by atoms with Gasteiger partial charge in [-0.1, -0.05) is 18.2 Å². The Morgan fingerprint density at radius 3 is 2.84 bits per heavy atom. The molecule has 1 aromatic heterocycles. The summed E-state index contributed by atoms with van der Waals surface area (Å²) in [5, 5.41) is 1.28. The number of nitrogens with one attached hydrogen (secondary N) is 1. The number of para-hydroxylation sites is 1. The molecule has 1 aliphatic rings. The number of aromatic nitrogens is 1. The average molecular weight is 333 g/mol. The van der Waals surface area contributed by atoms with Crippen molar-refractivity contribution in [3.63, 3.8) is 0 Å². The fraction of sp³-hybridized carbons (Fsp3) is 0.286. The molecule has 4 nitrogen and oxygen atoms in total. The van der Waals surface area contributed by atoms with Gasteiger partial charge in [-0.2, -0.15) is 0 Å². The largest absolute Gasteiger partial charge is 0.497 e. The standard InChI is InChI=1S/C21H23N3O/c1-15-12-17(25-2)9-10-20(15)24(21-8-5-11-22-21)14-16-13-23-19-7-4-3-6-18(16)19/h3-4,6-7,9-10,12-13,23H,5,8,11,14H2,1-2H3. The molecule has 0 radical (unpaired) electrons. The summed E-state index contributed by atoms with van der Waals surface area (Å²) in [4.78, 5) is 10.5. The first-order valence-electron chi connectivity index (χ1n) is 8.77. The second kappa shape index (κ2) is 6.63. The van der Waals surface area contributed by atoms with Gasteiger partial charge in [0.05, 0.1) is 13.7 Å². The van der Waals surface area contributed by atoms with E-state index in [9.17, 15) is 0 Å². The van der Waals surface area contributed by atoms with Crippen LogP contribution in [-0.2, 0) is 6.54 Å². The summed E-state index contributed by atoms with van der Waals surface area (Å²) in [6.07, 6.45) is 4.29. The third-order valence-electron chi connectivity index (χ3n) is 4.86. The van der Waals surface area contributed by atoms with Gasteiger partial charge in [-0.25, -0.2) is 0 Å². The molecule has 0 saturated carbocycles. The lowest BCUT2D eigenvalue weighted by Crippen LogP contribution is -2.29. The Morgan fingerprint density at radius 2 is 2.08 bits per heavy atom. The van der Waals surface area contributed by atoms with Gasteiger partial charge in [-0.3, -0.25) is 4.99 Å². The summed E-state index contributed by atoms with van der Waals surface area (Å²) < 4.78 is 5.37. The second-order valence-electron chi connectivity index (χ2n) is 6.50. The molecule has 1 N–H and O–H groups in total. The van der Waals surface area contributed by atoms with Crippen molar-refractivity contribution in [2.24, 2.45) is 4.99 Å². The van der Waals surface area contributed by atoms with Gasteiger partial charge >= 0.3 is 0 Å². The Balaban J connectivity index is 1.74. The third kappa shape index (κ3) is 3.00. The predicted octanol–water partition coefficient (Wildman–Crippen LogP) is 4.68. The number of amidine groups is 1. The summed E-state index contributed by atoms with van der Waals surface area (Å²) in [7, 11) is 1.71. The maximum Gasteiger partial charge on any atom is 0.119 e. The van der Waals surface area contributed by atoms with Crippen molar-refractivity contribution in [3.8, 4) is 5.75 Å². The van der Waals surface area contributed by atoms with Gasteiger partial charge in [-0.15, -0.1) is 0 Å². The number of H-pyrrole nitrogens is 1. The van der Waals surface area contributed by atoms with Crippen molar-refractivity contribution in [2.45, 2.75) is 26.3 Å². The molecule has 4 rings (SSSR count). The van der Waals surface area contributed by atoms with E-state index in [2.05, 4.69) is 59.4 Å². The monoisotopic (exact) mass is 333 g/mol. The molecule has 0 saturated heterocycles. The van der Waals surface area contributed by atoms with Crippen molar-refractivity contribution in [1.82, 2.24) is 4.98 Å². The molecule has 3 aromatic rings. The first kappa shape index (κ1) is 15.8. The maximum absolute atomic E-state index is 5.37. The molecular formula is C21H23N3O. The normalized spacial score (nSPS) is 13.9. The third-order valence-corrected chi connectivity index (χ3v) is 4.86. The summed E-state index contributed by atoms with van der Waals surface area (Å²) in [5.41, 5.74) is 4.87. The predicted molar refractivity (Wildman–Crippen MR) is 104 cm³/mol. The van der Waals surface area contributed by atoms with Gasteiger partial charge in [0, 0.05) is 35.8 Å². The molecule has 25 heavy (non-hydrogen) atoms.